The molecular weight excluding hydrogens is 311 g/mol. The van der Waals surface area contributed by atoms with Crippen LogP contribution in [0.25, 0.3) is 0 Å². The Kier molecular flexibility index (Phi) is 5.20. The molecule has 0 aliphatic carbocycles. The second-order valence-corrected chi connectivity index (χ2v) is 7.07. The number of nitrogens with zero attached hydrogens (tertiary/aromatic N) is 2. The van der Waals surface area contributed by atoms with E-state index in [2.05, 4.69) is 0 Å². The van der Waals surface area contributed by atoms with Gasteiger partial charge in [-0.1, -0.05) is 23.2 Å². The molecule has 0 saturated carbocycles. The lowest BCUT2D eigenvalue weighted by Gasteiger charge is -2.19. The van der Waals surface area contributed by atoms with Crippen LogP contribution in [0.1, 0.15) is 0 Å². The van der Waals surface area contributed by atoms with Crippen molar-refractivity contribution in [1.82, 2.24) is 9.21 Å². The summed E-state index contributed by atoms with van der Waals surface area (Å²) in [4.78, 5) is 12.8. The SMILES string of the molecule is CN(C)C(=O)CN(C)S(=O)(=O)c1cc(Cl)cc(Cl)c1. The maximum atomic E-state index is 12.2. The number of halogens is 2. The van der Waals surface area contributed by atoms with Crippen LogP contribution in [0.4, 0.5) is 0 Å². The predicted octanol–water partition coefficient (Wildman–Crippen LogP) is 1.70. The van der Waals surface area contributed by atoms with Gasteiger partial charge in [0.15, 0.2) is 0 Å². The lowest BCUT2D eigenvalue weighted by molar-refractivity contribution is -0.128. The minimum absolute atomic E-state index is 0.0425. The van der Waals surface area contributed by atoms with E-state index < -0.39 is 10.0 Å². The quantitative estimate of drug-likeness (QED) is 0.847. The summed E-state index contributed by atoms with van der Waals surface area (Å²) in [5, 5.41) is 0.442. The van der Waals surface area contributed by atoms with Gasteiger partial charge in [0.2, 0.25) is 15.9 Å². The fraction of sp³-hybridized carbons (Fsp3) is 0.364. The Morgan fingerprint density at radius 1 is 1.11 bits per heavy atom. The standard InChI is InChI=1S/C11H14Cl2N2O3S/c1-14(2)11(16)7-15(3)19(17,18)10-5-8(12)4-9(13)6-10/h4-6H,7H2,1-3H3. The molecule has 0 N–H and O–H groups in total. The number of hydrogen-bond donors (Lipinski definition) is 0. The van der Waals surface area contributed by atoms with Gasteiger partial charge in [-0.15, -0.1) is 0 Å². The largest absolute Gasteiger partial charge is 0.348 e. The number of amides is 1. The van der Waals surface area contributed by atoms with Crippen LogP contribution in [0.5, 0.6) is 0 Å². The Hall–Kier alpha value is -0.820. The molecule has 0 saturated heterocycles. The van der Waals surface area contributed by atoms with Crippen LogP contribution in [0.2, 0.25) is 10.0 Å². The van der Waals surface area contributed by atoms with E-state index in [1.807, 2.05) is 0 Å². The van der Waals surface area contributed by atoms with Gasteiger partial charge < -0.3 is 4.90 Å². The van der Waals surface area contributed by atoms with Crippen molar-refractivity contribution in [1.29, 1.82) is 0 Å². The van der Waals surface area contributed by atoms with Crippen LogP contribution in [-0.2, 0) is 14.8 Å². The maximum Gasteiger partial charge on any atom is 0.243 e. The summed E-state index contributed by atoms with van der Waals surface area (Å²) >= 11 is 11.5. The van der Waals surface area contributed by atoms with Gasteiger partial charge in [-0.25, -0.2) is 8.42 Å². The van der Waals surface area contributed by atoms with Gasteiger partial charge >= 0.3 is 0 Å². The molecule has 1 rings (SSSR count). The average Bonchev–Trinajstić information content (AvgIpc) is 2.27. The molecule has 19 heavy (non-hydrogen) atoms. The van der Waals surface area contributed by atoms with Crippen molar-refractivity contribution < 1.29 is 13.2 Å². The Bertz CT molecular complexity index is 567. The summed E-state index contributed by atoms with van der Waals surface area (Å²) in [7, 11) is 0.639. The van der Waals surface area contributed by atoms with Crippen LogP contribution in [-0.4, -0.2) is 51.2 Å². The molecule has 0 atom stereocenters. The highest BCUT2D eigenvalue weighted by Gasteiger charge is 2.24. The van der Waals surface area contributed by atoms with Gasteiger partial charge in [0.25, 0.3) is 0 Å². The number of hydrogen-bond acceptors (Lipinski definition) is 3. The van der Waals surface area contributed by atoms with Crippen molar-refractivity contribution in [3.63, 3.8) is 0 Å². The Morgan fingerprint density at radius 2 is 1.58 bits per heavy atom. The van der Waals surface area contributed by atoms with Gasteiger partial charge in [-0.2, -0.15) is 4.31 Å². The number of carbonyl (C=O) groups excluding carboxylic acids is 1. The molecule has 106 valence electrons. The summed E-state index contributed by atoms with van der Waals surface area (Å²) < 4.78 is 25.4. The zero-order chi connectivity index (χ0) is 14.8. The van der Waals surface area contributed by atoms with Crippen molar-refractivity contribution in [2.75, 3.05) is 27.7 Å². The lowest BCUT2D eigenvalue weighted by Crippen LogP contribution is -2.37. The first-order valence-electron chi connectivity index (χ1n) is 5.27. The summed E-state index contributed by atoms with van der Waals surface area (Å²) in [6, 6.07) is 4.02. The van der Waals surface area contributed by atoms with Gasteiger partial charge in [0, 0.05) is 31.2 Å². The molecular formula is C11H14Cl2N2O3S. The van der Waals surface area contributed by atoms with E-state index in [4.69, 9.17) is 23.2 Å². The Balaban J connectivity index is 3.06. The van der Waals surface area contributed by atoms with E-state index in [1.165, 1.54) is 30.1 Å². The fourth-order valence-electron chi connectivity index (χ4n) is 1.27. The van der Waals surface area contributed by atoms with Crippen LogP contribution < -0.4 is 0 Å². The molecule has 8 heteroatoms. The molecule has 1 amide bonds. The highest BCUT2D eigenvalue weighted by atomic mass is 35.5. The highest BCUT2D eigenvalue weighted by molar-refractivity contribution is 7.89. The molecule has 0 radical (unpaired) electrons. The molecule has 0 aliphatic heterocycles. The second kappa shape index (κ2) is 6.09. The van der Waals surface area contributed by atoms with Crippen LogP contribution in [0.15, 0.2) is 23.1 Å². The third-order valence-corrected chi connectivity index (χ3v) is 4.62. The first kappa shape index (κ1) is 16.2. The van der Waals surface area contributed by atoms with Gasteiger partial charge in [-0.05, 0) is 18.2 Å². The molecule has 0 aromatic heterocycles. The number of sulfonamides is 1. The first-order valence-corrected chi connectivity index (χ1v) is 7.47. The fourth-order valence-corrected chi connectivity index (χ4v) is 3.12. The molecule has 1 aromatic rings. The van der Waals surface area contributed by atoms with Gasteiger partial charge in [-0.3, -0.25) is 4.79 Å². The molecule has 0 bridgehead atoms. The van der Waals surface area contributed by atoms with Crippen molar-refractivity contribution in [2.45, 2.75) is 4.90 Å². The first-order chi connectivity index (χ1) is 8.64. The third-order valence-electron chi connectivity index (χ3n) is 2.40. The van der Waals surface area contributed by atoms with Crippen LogP contribution >= 0.6 is 23.2 Å². The summed E-state index contributed by atoms with van der Waals surface area (Å²) in [6.07, 6.45) is 0. The third kappa shape index (κ3) is 4.07. The van der Waals surface area contributed by atoms with E-state index in [0.717, 1.165) is 4.31 Å². The summed E-state index contributed by atoms with van der Waals surface area (Å²) in [5.41, 5.74) is 0. The number of rotatable bonds is 4. The molecule has 0 aliphatic rings. The monoisotopic (exact) mass is 324 g/mol. The minimum Gasteiger partial charge on any atom is -0.348 e. The van der Waals surface area contributed by atoms with Gasteiger partial charge in [0.1, 0.15) is 0 Å². The minimum atomic E-state index is -3.80. The van der Waals surface area contributed by atoms with E-state index >= 15 is 0 Å². The molecule has 0 heterocycles. The van der Waals surface area contributed by atoms with Crippen LogP contribution in [0.3, 0.4) is 0 Å². The number of benzene rings is 1. The van der Waals surface area contributed by atoms with Crippen molar-refractivity contribution in [3.8, 4) is 0 Å². The zero-order valence-corrected chi connectivity index (χ0v) is 13.1. The van der Waals surface area contributed by atoms with Crippen molar-refractivity contribution in [2.24, 2.45) is 0 Å². The maximum absolute atomic E-state index is 12.2. The number of likely N-dealkylation sites (N-methyl/N-ethyl adjacent to an activating group) is 2. The van der Waals surface area contributed by atoms with E-state index in [-0.39, 0.29) is 27.4 Å². The second-order valence-electron chi connectivity index (χ2n) is 4.15. The Morgan fingerprint density at radius 3 is 2.00 bits per heavy atom. The summed E-state index contributed by atoms with van der Waals surface area (Å²) in [5.74, 6) is -0.320. The van der Waals surface area contributed by atoms with E-state index in [0.29, 0.717) is 0 Å². The molecule has 0 unspecified atom stereocenters. The van der Waals surface area contributed by atoms with E-state index in [9.17, 15) is 13.2 Å². The molecule has 0 fully saturated rings. The normalized spacial score (nSPS) is 11.7. The van der Waals surface area contributed by atoms with Crippen molar-refractivity contribution >= 4 is 39.1 Å². The lowest BCUT2D eigenvalue weighted by atomic mass is 10.4. The summed E-state index contributed by atoms with van der Waals surface area (Å²) in [6.45, 7) is -0.251. The van der Waals surface area contributed by atoms with E-state index in [1.54, 1.807) is 14.1 Å². The highest BCUT2D eigenvalue weighted by Crippen LogP contribution is 2.24. The number of carbonyl (C=O) groups is 1. The topological polar surface area (TPSA) is 57.7 Å². The zero-order valence-electron chi connectivity index (χ0n) is 10.7. The molecule has 1 aromatic carbocycles. The van der Waals surface area contributed by atoms with Crippen LogP contribution in [0, 0.1) is 0 Å². The average molecular weight is 325 g/mol. The smallest absolute Gasteiger partial charge is 0.243 e. The predicted molar refractivity (Wildman–Crippen MR) is 75.0 cm³/mol. The van der Waals surface area contributed by atoms with Gasteiger partial charge in [0.05, 0.1) is 11.4 Å². The molecule has 0 spiro atoms. The Labute approximate surface area is 122 Å². The molecule has 5 nitrogen and oxygen atoms in total. The van der Waals surface area contributed by atoms with Crippen molar-refractivity contribution in [3.05, 3.63) is 28.2 Å².